The fourth-order valence-corrected chi connectivity index (χ4v) is 3.36. The summed E-state index contributed by atoms with van der Waals surface area (Å²) in [6.45, 7) is 0. The van der Waals surface area contributed by atoms with Crippen LogP contribution >= 0.6 is 11.3 Å². The van der Waals surface area contributed by atoms with Crippen LogP contribution in [0.1, 0.15) is 12.8 Å². The Balaban J connectivity index is 1.25. The summed E-state index contributed by atoms with van der Waals surface area (Å²) < 4.78 is 36.9. The van der Waals surface area contributed by atoms with Crippen molar-refractivity contribution in [2.75, 3.05) is 5.32 Å². The Morgan fingerprint density at radius 2 is 1.79 bits per heavy atom. The summed E-state index contributed by atoms with van der Waals surface area (Å²) in [6.07, 6.45) is 3.61. The number of halogens is 2. The molecule has 28 heavy (non-hydrogen) atoms. The Morgan fingerprint density at radius 1 is 1.04 bits per heavy atom. The molecule has 2 aromatic heterocycles. The number of carbonyl (C=O) groups excluding carboxylic acids is 1. The van der Waals surface area contributed by atoms with Gasteiger partial charge < -0.3 is 14.8 Å². The second-order valence-corrected chi connectivity index (χ2v) is 7.25. The summed E-state index contributed by atoms with van der Waals surface area (Å²) in [4.78, 5) is 20.2. The van der Waals surface area contributed by atoms with Crippen molar-refractivity contribution in [1.82, 2.24) is 9.97 Å². The highest BCUT2D eigenvalue weighted by Crippen LogP contribution is 2.34. The molecule has 144 valence electrons. The molecule has 9 heteroatoms. The third-order valence-electron chi connectivity index (χ3n) is 4.20. The molecule has 1 aliphatic rings. The lowest BCUT2D eigenvalue weighted by molar-refractivity contribution is -0.125. The molecule has 0 spiro atoms. The molecule has 0 radical (unpaired) electrons. The molecular weight excluding hydrogens is 388 g/mol. The van der Waals surface area contributed by atoms with Gasteiger partial charge in [0, 0.05) is 12.0 Å². The number of pyridine rings is 1. The van der Waals surface area contributed by atoms with Gasteiger partial charge in [0.25, 0.3) is 0 Å². The van der Waals surface area contributed by atoms with Gasteiger partial charge in [-0.15, -0.1) is 0 Å². The predicted octanol–water partition coefficient (Wildman–Crippen LogP) is 4.40. The molecule has 1 fully saturated rings. The van der Waals surface area contributed by atoms with Gasteiger partial charge in [-0.2, -0.15) is 0 Å². The van der Waals surface area contributed by atoms with Crippen LogP contribution in [0, 0.1) is 17.6 Å². The molecule has 1 N–H and O–H groups in total. The van der Waals surface area contributed by atoms with Crippen molar-refractivity contribution in [3.63, 3.8) is 0 Å². The summed E-state index contributed by atoms with van der Waals surface area (Å²) in [5.41, 5.74) is 0. The normalized spacial score (nSPS) is 18.2. The number of aromatic nitrogens is 2. The van der Waals surface area contributed by atoms with Crippen LogP contribution in [0.3, 0.4) is 0 Å². The number of rotatable bonds is 6. The van der Waals surface area contributed by atoms with Crippen molar-refractivity contribution < 1.29 is 23.0 Å². The number of nitrogens with zero attached hydrogens (tertiary/aromatic N) is 2. The molecule has 0 unspecified atom stereocenters. The first-order valence-electron chi connectivity index (χ1n) is 8.53. The third-order valence-corrected chi connectivity index (χ3v) is 4.99. The standard InChI is InChI=1S/C19H15F2N3O3S/c20-12-1-4-14(5-2-12)26-15-7-11(8-15)18(25)24-19-23-10-17(28-19)27-16-6-3-13(21)9-22-16/h1-6,9-11,15H,7-8H2,(H,23,24,25). The largest absolute Gasteiger partial charge is 0.490 e. The summed E-state index contributed by atoms with van der Waals surface area (Å²) in [5, 5.41) is 3.59. The van der Waals surface area contributed by atoms with Gasteiger partial charge in [-0.1, -0.05) is 11.3 Å². The van der Waals surface area contributed by atoms with E-state index in [-0.39, 0.29) is 29.6 Å². The monoisotopic (exact) mass is 403 g/mol. The number of thiazole rings is 1. The highest BCUT2D eigenvalue weighted by molar-refractivity contribution is 7.17. The minimum absolute atomic E-state index is 0.0686. The van der Waals surface area contributed by atoms with Gasteiger partial charge in [0.05, 0.1) is 12.4 Å². The van der Waals surface area contributed by atoms with E-state index in [2.05, 4.69) is 15.3 Å². The number of benzene rings is 1. The van der Waals surface area contributed by atoms with Crippen LogP contribution in [-0.2, 0) is 4.79 Å². The van der Waals surface area contributed by atoms with Crippen LogP contribution in [0.2, 0.25) is 0 Å². The first-order valence-corrected chi connectivity index (χ1v) is 9.35. The maximum Gasteiger partial charge on any atom is 0.229 e. The molecular formula is C19H15F2N3O3S. The molecule has 2 heterocycles. The van der Waals surface area contributed by atoms with Crippen LogP contribution in [0.4, 0.5) is 13.9 Å². The number of carbonyl (C=O) groups is 1. The second kappa shape index (κ2) is 7.89. The first kappa shape index (κ1) is 18.3. The number of amides is 1. The van der Waals surface area contributed by atoms with Crippen LogP contribution in [0.5, 0.6) is 16.7 Å². The first-order chi connectivity index (χ1) is 13.5. The van der Waals surface area contributed by atoms with E-state index in [0.717, 1.165) is 17.5 Å². The molecule has 0 bridgehead atoms. The van der Waals surface area contributed by atoms with E-state index < -0.39 is 5.82 Å². The number of ether oxygens (including phenoxy) is 2. The van der Waals surface area contributed by atoms with Gasteiger partial charge in [-0.3, -0.25) is 4.79 Å². The molecule has 0 saturated heterocycles. The van der Waals surface area contributed by atoms with Gasteiger partial charge in [0.2, 0.25) is 16.9 Å². The molecule has 0 atom stereocenters. The zero-order valence-corrected chi connectivity index (χ0v) is 15.3. The summed E-state index contributed by atoms with van der Waals surface area (Å²) in [7, 11) is 0. The molecule has 1 aliphatic carbocycles. The van der Waals surface area contributed by atoms with E-state index in [9.17, 15) is 13.6 Å². The van der Waals surface area contributed by atoms with Crippen molar-refractivity contribution >= 4 is 22.4 Å². The van der Waals surface area contributed by atoms with Gasteiger partial charge in [-0.25, -0.2) is 18.7 Å². The van der Waals surface area contributed by atoms with E-state index >= 15 is 0 Å². The molecule has 0 aliphatic heterocycles. The highest BCUT2D eigenvalue weighted by Gasteiger charge is 2.36. The molecule has 1 amide bonds. The molecule has 3 aromatic rings. The van der Waals surface area contributed by atoms with Crippen molar-refractivity contribution in [2.45, 2.75) is 18.9 Å². The topological polar surface area (TPSA) is 73.3 Å². The zero-order valence-electron chi connectivity index (χ0n) is 14.5. The van der Waals surface area contributed by atoms with E-state index in [4.69, 9.17) is 9.47 Å². The Hall–Kier alpha value is -3.07. The number of hydrogen-bond acceptors (Lipinski definition) is 6. The molecule has 6 nitrogen and oxygen atoms in total. The van der Waals surface area contributed by atoms with Crippen molar-refractivity contribution in [2.24, 2.45) is 5.92 Å². The predicted molar refractivity (Wildman–Crippen MR) is 98.6 cm³/mol. The quantitative estimate of drug-likeness (QED) is 0.660. The lowest BCUT2D eigenvalue weighted by Gasteiger charge is -2.34. The van der Waals surface area contributed by atoms with E-state index in [1.807, 2.05) is 0 Å². The number of anilines is 1. The highest BCUT2D eigenvalue weighted by atomic mass is 32.1. The molecule has 1 aromatic carbocycles. The SMILES string of the molecule is O=C(Nc1ncc(Oc2ccc(F)cn2)s1)C1CC(Oc2ccc(F)cc2)C1. The fraction of sp³-hybridized carbons (Fsp3) is 0.211. The lowest BCUT2D eigenvalue weighted by Crippen LogP contribution is -2.40. The van der Waals surface area contributed by atoms with Gasteiger partial charge in [0.15, 0.2) is 5.13 Å². The maximum atomic E-state index is 12.9. The Kier molecular flexibility index (Phi) is 5.16. The second-order valence-electron chi connectivity index (χ2n) is 6.25. The van der Waals surface area contributed by atoms with Crippen molar-refractivity contribution in [1.29, 1.82) is 0 Å². The van der Waals surface area contributed by atoms with E-state index in [0.29, 0.717) is 28.8 Å². The Morgan fingerprint density at radius 3 is 2.50 bits per heavy atom. The van der Waals surface area contributed by atoms with Gasteiger partial charge >= 0.3 is 0 Å². The summed E-state index contributed by atoms with van der Waals surface area (Å²) in [6, 6.07) is 8.45. The van der Waals surface area contributed by atoms with Crippen LogP contribution in [0.25, 0.3) is 0 Å². The van der Waals surface area contributed by atoms with Crippen molar-refractivity contribution in [3.8, 4) is 16.7 Å². The van der Waals surface area contributed by atoms with Crippen molar-refractivity contribution in [3.05, 3.63) is 60.4 Å². The van der Waals surface area contributed by atoms with E-state index in [1.165, 1.54) is 30.5 Å². The smallest absolute Gasteiger partial charge is 0.229 e. The average molecular weight is 403 g/mol. The average Bonchev–Trinajstić information content (AvgIpc) is 3.08. The summed E-state index contributed by atoms with van der Waals surface area (Å²) >= 11 is 1.15. The molecule has 4 rings (SSSR count). The Bertz CT molecular complexity index is 957. The van der Waals surface area contributed by atoms with E-state index in [1.54, 1.807) is 12.1 Å². The van der Waals surface area contributed by atoms with Crippen LogP contribution < -0.4 is 14.8 Å². The van der Waals surface area contributed by atoms with Crippen LogP contribution in [-0.4, -0.2) is 22.0 Å². The third kappa shape index (κ3) is 4.42. The minimum Gasteiger partial charge on any atom is -0.490 e. The molecule has 1 saturated carbocycles. The van der Waals surface area contributed by atoms with Gasteiger partial charge in [-0.05, 0) is 43.2 Å². The lowest BCUT2D eigenvalue weighted by atomic mass is 9.81. The zero-order chi connectivity index (χ0) is 19.5. The summed E-state index contributed by atoms with van der Waals surface area (Å²) in [5.74, 6) is -0.256. The van der Waals surface area contributed by atoms with Gasteiger partial charge in [0.1, 0.15) is 23.5 Å². The number of nitrogens with one attached hydrogen (secondary N) is 1. The maximum absolute atomic E-state index is 12.9. The fourth-order valence-electron chi connectivity index (χ4n) is 2.68. The Labute approximate surface area is 163 Å². The number of hydrogen-bond donors (Lipinski definition) is 1. The minimum atomic E-state index is -0.452. The van der Waals surface area contributed by atoms with Crippen LogP contribution in [0.15, 0.2) is 48.8 Å².